The second kappa shape index (κ2) is 11.9. The third-order valence-corrected chi connectivity index (χ3v) is 7.16. The minimum absolute atomic E-state index is 0.0420. The Kier molecular flexibility index (Phi) is 8.37. The second-order valence-electron chi connectivity index (χ2n) is 10.0. The Labute approximate surface area is 234 Å². The first-order valence-electron chi connectivity index (χ1n) is 12.5. The van der Waals surface area contributed by atoms with Gasteiger partial charge in [0.1, 0.15) is 4.90 Å². The normalized spacial score (nSPS) is 11.1. The van der Waals surface area contributed by atoms with Crippen LogP contribution in [0.2, 0.25) is 0 Å². The summed E-state index contributed by atoms with van der Waals surface area (Å²) in [5.74, 6) is 5.04. The van der Waals surface area contributed by atoms with Crippen LogP contribution in [0.3, 0.4) is 0 Å². The van der Waals surface area contributed by atoms with Gasteiger partial charge in [0.15, 0.2) is 0 Å². The first kappa shape index (κ1) is 28.1. The predicted molar refractivity (Wildman–Crippen MR) is 158 cm³/mol. The summed E-state index contributed by atoms with van der Waals surface area (Å²) in [6.07, 6.45) is 0. The first-order valence-corrected chi connectivity index (χ1v) is 14.0. The molecule has 40 heavy (non-hydrogen) atoms. The number of amides is 2. The number of rotatable bonds is 6. The fourth-order valence-electron chi connectivity index (χ4n) is 3.59. The summed E-state index contributed by atoms with van der Waals surface area (Å²) in [4.78, 5) is 25.7. The molecule has 7 nitrogen and oxygen atoms in total. The van der Waals surface area contributed by atoms with E-state index in [-0.39, 0.29) is 16.1 Å². The third-order valence-electron chi connectivity index (χ3n) is 5.77. The van der Waals surface area contributed by atoms with Crippen LogP contribution in [0, 0.1) is 17.3 Å². The smallest absolute Gasteiger partial charge is 0.266 e. The third kappa shape index (κ3) is 7.16. The highest BCUT2D eigenvalue weighted by atomic mass is 32.2. The molecule has 8 heteroatoms. The van der Waals surface area contributed by atoms with Crippen molar-refractivity contribution in [3.63, 3.8) is 0 Å². The highest BCUT2D eigenvalue weighted by Gasteiger charge is 2.29. The van der Waals surface area contributed by atoms with Crippen LogP contribution in [0.15, 0.2) is 108 Å². The number of anilines is 3. The summed E-state index contributed by atoms with van der Waals surface area (Å²) >= 11 is 0. The lowest BCUT2D eigenvalue weighted by Gasteiger charge is -2.19. The molecule has 0 spiro atoms. The number of nitrogens with one attached hydrogen (secondary N) is 3. The molecule has 3 N–H and O–H groups in total. The lowest BCUT2D eigenvalue weighted by molar-refractivity contribution is -0.126. The van der Waals surface area contributed by atoms with Crippen LogP contribution in [0.4, 0.5) is 17.1 Å². The standard InChI is InChI=1S/C32H29N3O4S/c1-32(2,3)31(37)35-40(38,39)29-17-11-10-16-27(29)34-30(36)26-21-20-24(19-18-23-12-6-4-7-13-23)22-28(26)33-25-14-8-5-9-15-25/h4-17,20-22,33H,1-3H3,(H,34,36)(H,35,37). The fourth-order valence-corrected chi connectivity index (χ4v) is 4.92. The highest BCUT2D eigenvalue weighted by Crippen LogP contribution is 2.27. The second-order valence-corrected chi connectivity index (χ2v) is 11.7. The van der Waals surface area contributed by atoms with Gasteiger partial charge in [-0.1, -0.05) is 81.1 Å². The van der Waals surface area contributed by atoms with Gasteiger partial charge < -0.3 is 10.6 Å². The Morgan fingerprint density at radius 3 is 1.98 bits per heavy atom. The molecule has 0 aliphatic heterocycles. The summed E-state index contributed by atoms with van der Waals surface area (Å²) in [5, 5.41) is 5.96. The fraction of sp³-hybridized carbons (Fsp3) is 0.125. The molecule has 0 radical (unpaired) electrons. The van der Waals surface area contributed by atoms with Crippen LogP contribution in [0.5, 0.6) is 0 Å². The van der Waals surface area contributed by atoms with E-state index in [1.54, 1.807) is 45.0 Å². The molecule has 2 amide bonds. The minimum atomic E-state index is -4.25. The molecule has 0 heterocycles. The van der Waals surface area contributed by atoms with Crippen molar-refractivity contribution in [1.82, 2.24) is 4.72 Å². The molecule has 0 aliphatic carbocycles. The van der Waals surface area contributed by atoms with E-state index in [4.69, 9.17) is 0 Å². The molecule has 4 aromatic rings. The van der Waals surface area contributed by atoms with Gasteiger partial charge in [-0.2, -0.15) is 0 Å². The van der Waals surface area contributed by atoms with Gasteiger partial charge in [0, 0.05) is 22.2 Å². The van der Waals surface area contributed by atoms with Gasteiger partial charge in [0.05, 0.1) is 16.9 Å². The average molecular weight is 552 g/mol. The Morgan fingerprint density at radius 1 is 0.700 bits per heavy atom. The number of carbonyl (C=O) groups is 2. The van der Waals surface area contributed by atoms with E-state index < -0.39 is 27.3 Å². The van der Waals surface area contributed by atoms with E-state index in [2.05, 4.69) is 27.2 Å². The van der Waals surface area contributed by atoms with E-state index in [1.165, 1.54) is 18.2 Å². The zero-order valence-electron chi connectivity index (χ0n) is 22.4. The molecule has 0 aliphatic rings. The van der Waals surface area contributed by atoms with Gasteiger partial charge in [0.2, 0.25) is 5.91 Å². The van der Waals surface area contributed by atoms with Crippen molar-refractivity contribution >= 4 is 38.9 Å². The lowest BCUT2D eigenvalue weighted by Crippen LogP contribution is -2.39. The van der Waals surface area contributed by atoms with Crippen LogP contribution in [0.1, 0.15) is 42.3 Å². The van der Waals surface area contributed by atoms with Crippen molar-refractivity contribution in [3.05, 3.63) is 120 Å². The number of carbonyl (C=O) groups excluding carboxylic acids is 2. The molecule has 0 unspecified atom stereocenters. The van der Waals surface area contributed by atoms with Crippen molar-refractivity contribution in [1.29, 1.82) is 0 Å². The molecular weight excluding hydrogens is 522 g/mol. The Morgan fingerprint density at radius 2 is 1.30 bits per heavy atom. The van der Waals surface area contributed by atoms with Crippen LogP contribution in [0.25, 0.3) is 0 Å². The molecule has 0 fully saturated rings. The van der Waals surface area contributed by atoms with Crippen molar-refractivity contribution in [2.75, 3.05) is 10.6 Å². The largest absolute Gasteiger partial charge is 0.355 e. The van der Waals surface area contributed by atoms with Gasteiger partial charge in [0.25, 0.3) is 15.9 Å². The maximum Gasteiger partial charge on any atom is 0.266 e. The van der Waals surface area contributed by atoms with E-state index in [1.807, 2.05) is 60.7 Å². The number of sulfonamides is 1. The summed E-state index contributed by atoms with van der Waals surface area (Å²) in [6.45, 7) is 4.84. The van der Waals surface area contributed by atoms with Gasteiger partial charge in [-0.3, -0.25) is 9.59 Å². The highest BCUT2D eigenvalue weighted by molar-refractivity contribution is 7.90. The van der Waals surface area contributed by atoms with Gasteiger partial charge in [-0.05, 0) is 54.6 Å². The van der Waals surface area contributed by atoms with Gasteiger partial charge in [-0.15, -0.1) is 0 Å². The van der Waals surface area contributed by atoms with Crippen molar-refractivity contribution in [2.24, 2.45) is 5.41 Å². The average Bonchev–Trinajstić information content (AvgIpc) is 2.92. The SMILES string of the molecule is CC(C)(C)C(=O)NS(=O)(=O)c1ccccc1NC(=O)c1ccc(C#Cc2ccccc2)cc1Nc1ccccc1. The molecular formula is C32H29N3O4S. The molecule has 0 saturated carbocycles. The topological polar surface area (TPSA) is 104 Å². The maximum absolute atomic E-state index is 13.5. The lowest BCUT2D eigenvalue weighted by atomic mass is 9.96. The van der Waals surface area contributed by atoms with Crippen LogP contribution in [-0.2, 0) is 14.8 Å². The molecule has 0 atom stereocenters. The monoisotopic (exact) mass is 551 g/mol. The predicted octanol–water partition coefficient (Wildman–Crippen LogP) is 5.93. The van der Waals surface area contributed by atoms with E-state index in [0.717, 1.165) is 11.3 Å². The minimum Gasteiger partial charge on any atom is -0.355 e. The van der Waals surface area contributed by atoms with Crippen LogP contribution < -0.4 is 15.4 Å². The van der Waals surface area contributed by atoms with Crippen molar-refractivity contribution in [3.8, 4) is 11.8 Å². The van der Waals surface area contributed by atoms with Crippen molar-refractivity contribution < 1.29 is 18.0 Å². The number of hydrogen-bond donors (Lipinski definition) is 3. The maximum atomic E-state index is 13.5. The first-order chi connectivity index (χ1) is 19.0. The Balaban J connectivity index is 1.67. The summed E-state index contributed by atoms with van der Waals surface area (Å²) in [6, 6.07) is 30.0. The molecule has 202 valence electrons. The number of hydrogen-bond acceptors (Lipinski definition) is 5. The summed E-state index contributed by atoms with van der Waals surface area (Å²) in [7, 11) is -4.25. The molecule has 0 bridgehead atoms. The van der Waals surface area contributed by atoms with Crippen molar-refractivity contribution in [2.45, 2.75) is 25.7 Å². The van der Waals surface area contributed by atoms with E-state index in [9.17, 15) is 18.0 Å². The van der Waals surface area contributed by atoms with Crippen LogP contribution >= 0.6 is 0 Å². The zero-order valence-corrected chi connectivity index (χ0v) is 23.2. The number of benzene rings is 4. The van der Waals surface area contributed by atoms with Crippen LogP contribution in [-0.4, -0.2) is 20.2 Å². The summed E-state index contributed by atoms with van der Waals surface area (Å²) in [5.41, 5.74) is 2.20. The number of para-hydroxylation sites is 2. The Bertz CT molecular complexity index is 1700. The van der Waals surface area contributed by atoms with Gasteiger partial charge >= 0.3 is 0 Å². The van der Waals surface area contributed by atoms with Gasteiger partial charge in [-0.25, -0.2) is 13.1 Å². The molecule has 0 saturated heterocycles. The molecule has 4 rings (SSSR count). The van der Waals surface area contributed by atoms with E-state index >= 15 is 0 Å². The van der Waals surface area contributed by atoms with E-state index in [0.29, 0.717) is 11.3 Å². The molecule has 0 aromatic heterocycles. The quantitative estimate of drug-likeness (QED) is 0.258. The Hall–Kier alpha value is -4.87. The molecule has 4 aromatic carbocycles. The zero-order chi connectivity index (χ0) is 28.8. The summed E-state index contributed by atoms with van der Waals surface area (Å²) < 4.78 is 28.2.